The molecule has 1 fully saturated rings. The van der Waals surface area contributed by atoms with E-state index in [1.54, 1.807) is 13.8 Å². The number of benzene rings is 1. The van der Waals surface area contributed by atoms with E-state index in [1.165, 1.54) is 0 Å². The molecule has 0 aliphatic carbocycles. The maximum absolute atomic E-state index is 11.0. The molecule has 1 aromatic carbocycles. The lowest BCUT2D eigenvalue weighted by Gasteiger charge is -2.13. The van der Waals surface area contributed by atoms with Crippen molar-refractivity contribution in [1.82, 2.24) is 0 Å². The molecule has 78 valence electrons. The second-order valence-electron chi connectivity index (χ2n) is 3.88. The monoisotopic (exact) mass is 204 g/mol. The SMILES string of the molecule is CC1(C)OC(=O)OC1=Cc1ccccc1. The van der Waals surface area contributed by atoms with Crippen LogP contribution in [-0.4, -0.2) is 11.8 Å². The predicted octanol–water partition coefficient (Wildman–Crippen LogP) is 2.97. The lowest BCUT2D eigenvalue weighted by Crippen LogP contribution is -2.20. The highest BCUT2D eigenvalue weighted by Crippen LogP contribution is 2.31. The van der Waals surface area contributed by atoms with Crippen molar-refractivity contribution in [3.8, 4) is 0 Å². The molecule has 0 N–H and O–H groups in total. The lowest BCUT2D eigenvalue weighted by molar-refractivity contribution is 0.0873. The average molecular weight is 204 g/mol. The van der Waals surface area contributed by atoms with Crippen LogP contribution in [0.4, 0.5) is 4.79 Å². The van der Waals surface area contributed by atoms with E-state index in [0.29, 0.717) is 5.76 Å². The van der Waals surface area contributed by atoms with E-state index in [1.807, 2.05) is 36.4 Å². The number of carbonyl (C=O) groups excluding carboxylic acids is 1. The number of ether oxygens (including phenoxy) is 2. The largest absolute Gasteiger partial charge is 0.514 e. The summed E-state index contributed by atoms with van der Waals surface area (Å²) in [6, 6.07) is 9.67. The van der Waals surface area contributed by atoms with Gasteiger partial charge in [0.15, 0.2) is 11.4 Å². The Bertz CT molecular complexity index is 404. The zero-order valence-electron chi connectivity index (χ0n) is 8.69. The summed E-state index contributed by atoms with van der Waals surface area (Å²) >= 11 is 0. The van der Waals surface area contributed by atoms with Crippen LogP contribution >= 0.6 is 0 Å². The van der Waals surface area contributed by atoms with Crippen LogP contribution in [0, 0.1) is 0 Å². The zero-order valence-corrected chi connectivity index (χ0v) is 8.69. The van der Waals surface area contributed by atoms with Crippen molar-refractivity contribution in [2.75, 3.05) is 0 Å². The Morgan fingerprint density at radius 3 is 2.40 bits per heavy atom. The topological polar surface area (TPSA) is 35.5 Å². The highest BCUT2D eigenvalue weighted by Gasteiger charge is 2.38. The van der Waals surface area contributed by atoms with Gasteiger partial charge in [-0.3, -0.25) is 0 Å². The van der Waals surface area contributed by atoms with Gasteiger partial charge in [-0.1, -0.05) is 30.3 Å². The van der Waals surface area contributed by atoms with Crippen LogP contribution in [0.2, 0.25) is 0 Å². The molecule has 0 bridgehead atoms. The second kappa shape index (κ2) is 3.42. The standard InChI is InChI=1S/C12H12O3/c1-12(2)10(14-11(13)15-12)8-9-6-4-3-5-7-9/h3-8H,1-2H3. The van der Waals surface area contributed by atoms with Gasteiger partial charge in [0, 0.05) is 0 Å². The first-order chi connectivity index (χ1) is 7.08. The van der Waals surface area contributed by atoms with Crippen molar-refractivity contribution in [1.29, 1.82) is 0 Å². The summed E-state index contributed by atoms with van der Waals surface area (Å²) in [5, 5.41) is 0. The molecule has 0 unspecified atom stereocenters. The summed E-state index contributed by atoms with van der Waals surface area (Å²) in [6.07, 6.45) is 1.17. The van der Waals surface area contributed by atoms with Crippen molar-refractivity contribution < 1.29 is 14.3 Å². The van der Waals surface area contributed by atoms with E-state index in [0.717, 1.165) is 5.56 Å². The van der Waals surface area contributed by atoms with E-state index >= 15 is 0 Å². The number of hydrogen-bond donors (Lipinski definition) is 0. The minimum atomic E-state index is -0.674. The van der Waals surface area contributed by atoms with Crippen molar-refractivity contribution in [2.45, 2.75) is 19.4 Å². The molecule has 1 heterocycles. The Labute approximate surface area is 88.3 Å². The van der Waals surface area contributed by atoms with Crippen LogP contribution < -0.4 is 0 Å². The summed E-state index contributed by atoms with van der Waals surface area (Å²) in [5.41, 5.74) is 0.311. The van der Waals surface area contributed by atoms with Gasteiger partial charge in [-0.25, -0.2) is 4.79 Å². The van der Waals surface area contributed by atoms with Gasteiger partial charge in [0.1, 0.15) is 0 Å². The smallest absolute Gasteiger partial charge is 0.420 e. The van der Waals surface area contributed by atoms with E-state index in [-0.39, 0.29) is 0 Å². The number of cyclic esters (lactones) is 2. The molecule has 15 heavy (non-hydrogen) atoms. The van der Waals surface area contributed by atoms with E-state index in [9.17, 15) is 4.79 Å². The summed E-state index contributed by atoms with van der Waals surface area (Å²) in [7, 11) is 0. The van der Waals surface area contributed by atoms with Crippen LogP contribution in [0.15, 0.2) is 36.1 Å². The molecular formula is C12H12O3. The minimum absolute atomic E-state index is 0.540. The molecule has 0 radical (unpaired) electrons. The van der Waals surface area contributed by atoms with Crippen molar-refractivity contribution in [3.63, 3.8) is 0 Å². The predicted molar refractivity (Wildman–Crippen MR) is 56.1 cm³/mol. The average Bonchev–Trinajstić information content (AvgIpc) is 2.41. The maximum Gasteiger partial charge on any atom is 0.514 e. The van der Waals surface area contributed by atoms with Gasteiger partial charge >= 0.3 is 6.16 Å². The van der Waals surface area contributed by atoms with Crippen LogP contribution in [0.1, 0.15) is 19.4 Å². The van der Waals surface area contributed by atoms with Crippen LogP contribution in [0.25, 0.3) is 6.08 Å². The fourth-order valence-electron chi connectivity index (χ4n) is 1.40. The van der Waals surface area contributed by atoms with Crippen molar-refractivity contribution in [2.24, 2.45) is 0 Å². The second-order valence-corrected chi connectivity index (χ2v) is 3.88. The molecule has 1 aliphatic heterocycles. The first-order valence-electron chi connectivity index (χ1n) is 4.76. The molecule has 0 saturated carbocycles. The van der Waals surface area contributed by atoms with Gasteiger partial charge in [-0.05, 0) is 25.5 Å². The number of carbonyl (C=O) groups is 1. The molecular weight excluding hydrogens is 192 g/mol. The third-order valence-corrected chi connectivity index (χ3v) is 2.22. The Morgan fingerprint density at radius 1 is 1.20 bits per heavy atom. The molecule has 1 aromatic rings. The molecule has 3 heteroatoms. The summed E-state index contributed by atoms with van der Waals surface area (Å²) in [5.74, 6) is 0.540. The lowest BCUT2D eigenvalue weighted by atomic mass is 10.1. The van der Waals surface area contributed by atoms with Gasteiger partial charge in [-0.2, -0.15) is 0 Å². The number of hydrogen-bond acceptors (Lipinski definition) is 3. The van der Waals surface area contributed by atoms with Crippen LogP contribution in [0.3, 0.4) is 0 Å². The van der Waals surface area contributed by atoms with Crippen molar-refractivity contribution in [3.05, 3.63) is 41.7 Å². The summed E-state index contributed by atoms with van der Waals surface area (Å²) < 4.78 is 9.98. The molecule has 0 aromatic heterocycles. The Morgan fingerprint density at radius 2 is 1.87 bits per heavy atom. The minimum Gasteiger partial charge on any atom is -0.420 e. The van der Waals surface area contributed by atoms with E-state index in [4.69, 9.17) is 9.47 Å². The Balaban J connectivity index is 2.32. The molecule has 3 nitrogen and oxygen atoms in total. The van der Waals surface area contributed by atoms with Crippen molar-refractivity contribution >= 4 is 12.2 Å². The Hall–Kier alpha value is -1.77. The molecule has 1 aliphatic rings. The Kier molecular flexibility index (Phi) is 2.23. The number of rotatable bonds is 1. The van der Waals surface area contributed by atoms with E-state index < -0.39 is 11.8 Å². The summed E-state index contributed by atoms with van der Waals surface area (Å²) in [6.45, 7) is 3.60. The van der Waals surface area contributed by atoms with Gasteiger partial charge in [0.05, 0.1) is 0 Å². The fourth-order valence-corrected chi connectivity index (χ4v) is 1.40. The maximum atomic E-state index is 11.0. The van der Waals surface area contributed by atoms with Gasteiger partial charge in [-0.15, -0.1) is 0 Å². The first kappa shape index (κ1) is 9.77. The third-order valence-electron chi connectivity index (χ3n) is 2.22. The quantitative estimate of drug-likeness (QED) is 0.660. The van der Waals surface area contributed by atoms with E-state index in [2.05, 4.69) is 0 Å². The molecule has 2 rings (SSSR count). The molecule has 0 atom stereocenters. The van der Waals surface area contributed by atoms with Crippen LogP contribution in [-0.2, 0) is 9.47 Å². The third kappa shape index (κ3) is 2.01. The zero-order chi connectivity index (χ0) is 10.9. The highest BCUT2D eigenvalue weighted by molar-refractivity contribution is 5.69. The molecule has 0 amide bonds. The molecule has 0 spiro atoms. The van der Waals surface area contributed by atoms with Gasteiger partial charge in [0.25, 0.3) is 0 Å². The fraction of sp³-hybridized carbons (Fsp3) is 0.250. The highest BCUT2D eigenvalue weighted by atomic mass is 16.8. The van der Waals surface area contributed by atoms with Gasteiger partial charge < -0.3 is 9.47 Å². The first-order valence-corrected chi connectivity index (χ1v) is 4.76. The van der Waals surface area contributed by atoms with Crippen LogP contribution in [0.5, 0.6) is 0 Å². The van der Waals surface area contributed by atoms with Gasteiger partial charge in [0.2, 0.25) is 0 Å². The normalized spacial score (nSPS) is 21.2. The molecule has 1 saturated heterocycles. The summed E-state index contributed by atoms with van der Waals surface area (Å²) in [4.78, 5) is 11.0.